The molecule has 0 fully saturated rings. The van der Waals surface area contributed by atoms with Gasteiger partial charge in [0.25, 0.3) is 5.78 Å². The molecule has 0 atom stereocenters. The quantitative estimate of drug-likeness (QED) is 0.263. The third kappa shape index (κ3) is 3.81. The van der Waals surface area contributed by atoms with Crippen LogP contribution in [-0.4, -0.2) is 30.2 Å². The molecule has 0 amide bonds. The molecule has 0 N–H and O–H groups in total. The highest BCUT2D eigenvalue weighted by Crippen LogP contribution is 2.47. The summed E-state index contributed by atoms with van der Waals surface area (Å²) < 4.78 is 21.1. The van der Waals surface area contributed by atoms with Gasteiger partial charge >= 0.3 is 13.0 Å². The van der Waals surface area contributed by atoms with Crippen molar-refractivity contribution in [2.45, 2.75) is 0 Å². The van der Waals surface area contributed by atoms with E-state index in [1.165, 1.54) is 6.08 Å². The Labute approximate surface area is 110 Å². The minimum atomic E-state index is -3.87. The van der Waals surface area contributed by atoms with E-state index < -0.39 is 18.8 Å². The summed E-state index contributed by atoms with van der Waals surface area (Å²) in [6, 6.07) is 9.02. The fourth-order valence-corrected chi connectivity index (χ4v) is 2.25. The molecule has 0 heterocycles. The maximum atomic E-state index is 11.9. The molecule has 100 valence electrons. The van der Waals surface area contributed by atoms with Crippen LogP contribution in [-0.2, 0) is 18.4 Å². The first-order valence-corrected chi connectivity index (χ1v) is 6.83. The number of allylic oxidation sites excluding steroid dienone is 1. The topological polar surface area (TPSA) is 89.0 Å². The van der Waals surface area contributed by atoms with Crippen molar-refractivity contribution in [1.29, 1.82) is 0 Å². The molecule has 0 aliphatic carbocycles. The van der Waals surface area contributed by atoms with Gasteiger partial charge in [0, 0.05) is 14.2 Å². The Hall–Kier alpha value is -1.84. The molecule has 1 aromatic carbocycles. The molecule has 7 heteroatoms. The van der Waals surface area contributed by atoms with Gasteiger partial charge in [0.15, 0.2) is 0 Å². The van der Waals surface area contributed by atoms with Gasteiger partial charge in [0.1, 0.15) is 0 Å². The first-order chi connectivity index (χ1) is 9.07. The van der Waals surface area contributed by atoms with Gasteiger partial charge in [-0.1, -0.05) is 36.4 Å². The van der Waals surface area contributed by atoms with Gasteiger partial charge in [-0.2, -0.15) is 4.79 Å². The average molecular weight is 280 g/mol. The molecule has 19 heavy (non-hydrogen) atoms. The summed E-state index contributed by atoms with van der Waals surface area (Å²) in [5.74, 6) is -0.751. The highest BCUT2D eigenvalue weighted by molar-refractivity contribution is 7.74. The fourth-order valence-electron chi connectivity index (χ4n) is 1.30. The third-order valence-electron chi connectivity index (χ3n) is 2.28. The predicted octanol–water partition coefficient (Wildman–Crippen LogP) is 2.38. The van der Waals surface area contributed by atoms with Gasteiger partial charge in [-0.15, -0.1) is 0 Å². The summed E-state index contributed by atoms with van der Waals surface area (Å²) in [4.78, 5) is 14.5. The number of hydrogen-bond acceptors (Lipinski definition) is 4. The molecule has 6 nitrogen and oxygen atoms in total. The summed E-state index contributed by atoms with van der Waals surface area (Å²) in [6.07, 6.45) is 2.64. The molecule has 0 saturated carbocycles. The number of nitrogens with zero attached hydrogens (tertiary/aromatic N) is 2. The maximum Gasteiger partial charge on any atom is 0.448 e. The molecule has 0 aromatic heterocycles. The van der Waals surface area contributed by atoms with Crippen molar-refractivity contribution in [1.82, 2.24) is 0 Å². The van der Waals surface area contributed by atoms with Gasteiger partial charge in [0.2, 0.25) is 0 Å². The fraction of sp³-hybridized carbons (Fsp3) is 0.167. The van der Waals surface area contributed by atoms with Crippen LogP contribution in [0.4, 0.5) is 0 Å². The number of carbonyl (C=O) groups is 1. The summed E-state index contributed by atoms with van der Waals surface area (Å²) in [6.45, 7) is 0. The lowest BCUT2D eigenvalue weighted by Gasteiger charge is -2.06. The van der Waals surface area contributed by atoms with Crippen LogP contribution in [0.1, 0.15) is 5.56 Å². The maximum absolute atomic E-state index is 11.9. The highest BCUT2D eigenvalue weighted by Gasteiger charge is 2.42. The second kappa shape index (κ2) is 6.92. The van der Waals surface area contributed by atoms with E-state index in [0.717, 1.165) is 25.9 Å². The van der Waals surface area contributed by atoms with Crippen LogP contribution in [0, 0.1) is 0 Å². The zero-order valence-electron chi connectivity index (χ0n) is 10.5. The minimum absolute atomic E-state index is 0.662. The molecule has 0 saturated heterocycles. The second-order valence-electron chi connectivity index (χ2n) is 3.39. The van der Waals surface area contributed by atoms with Gasteiger partial charge in [-0.25, -0.2) is 4.57 Å². The van der Waals surface area contributed by atoms with Crippen molar-refractivity contribution in [3.63, 3.8) is 0 Å². The number of hydrogen-bond donors (Lipinski definition) is 0. The van der Waals surface area contributed by atoms with E-state index in [1.54, 1.807) is 24.3 Å². The van der Waals surface area contributed by atoms with Crippen LogP contribution < -0.4 is 0 Å². The van der Waals surface area contributed by atoms with E-state index in [0.29, 0.717) is 0 Å². The van der Waals surface area contributed by atoms with Crippen LogP contribution in [0.5, 0.6) is 0 Å². The van der Waals surface area contributed by atoms with Gasteiger partial charge in [-0.05, 0) is 11.6 Å². The van der Waals surface area contributed by atoms with Crippen molar-refractivity contribution >= 4 is 24.9 Å². The number of ketones is 1. The van der Waals surface area contributed by atoms with Crippen LogP contribution in [0.2, 0.25) is 0 Å². The van der Waals surface area contributed by atoms with Crippen LogP contribution in [0.25, 0.3) is 11.6 Å². The van der Waals surface area contributed by atoms with Gasteiger partial charge in [-0.3, -0.25) is 4.79 Å². The van der Waals surface area contributed by atoms with Crippen LogP contribution in [0.3, 0.4) is 0 Å². The molecule has 0 bridgehead atoms. The number of rotatable bonds is 6. The normalized spacial score (nSPS) is 11.3. The lowest BCUT2D eigenvalue weighted by molar-refractivity contribution is -0.112. The van der Waals surface area contributed by atoms with E-state index in [4.69, 9.17) is 5.53 Å². The first kappa shape index (κ1) is 15.2. The zero-order chi connectivity index (χ0) is 14.3. The van der Waals surface area contributed by atoms with Crippen molar-refractivity contribution in [3.05, 3.63) is 47.5 Å². The molecule has 0 unspecified atom stereocenters. The Balaban J connectivity index is 2.97. The monoisotopic (exact) mass is 280 g/mol. The molecule has 1 aromatic rings. The largest absolute Gasteiger partial charge is 0.448 e. The number of carbonyl (C=O) groups excluding carboxylic acids is 1. The Kier molecular flexibility index (Phi) is 5.55. The van der Waals surface area contributed by atoms with E-state index in [1.807, 2.05) is 6.07 Å². The van der Waals surface area contributed by atoms with E-state index in [2.05, 4.69) is 13.8 Å². The summed E-state index contributed by atoms with van der Waals surface area (Å²) in [7, 11) is -1.67. The standard InChI is InChI=1S/C12H13N2O4P/c1-17-19(16,18-2)12(14-13)11(15)9-8-10-6-4-3-5-7-10/h3-9H,1-2H3/b9-8+. The van der Waals surface area contributed by atoms with Crippen LogP contribution >= 0.6 is 7.60 Å². The Morgan fingerprint density at radius 2 is 1.84 bits per heavy atom. The molecular formula is C12H13N2O4P. The molecule has 0 aliphatic rings. The Bertz CT molecular complexity index is 569. The van der Waals surface area contributed by atoms with Gasteiger partial charge in [0.05, 0.1) is 0 Å². The van der Waals surface area contributed by atoms with Gasteiger partial charge < -0.3 is 14.6 Å². The van der Waals surface area contributed by atoms with Crippen molar-refractivity contribution in [2.24, 2.45) is 0 Å². The molecule has 1 rings (SSSR count). The van der Waals surface area contributed by atoms with E-state index >= 15 is 0 Å². The Morgan fingerprint density at radius 3 is 2.32 bits per heavy atom. The van der Waals surface area contributed by atoms with Crippen LogP contribution in [0.15, 0.2) is 36.4 Å². The smallest absolute Gasteiger partial charge is 0.360 e. The molecule has 0 radical (unpaired) electrons. The van der Waals surface area contributed by atoms with E-state index in [9.17, 15) is 9.36 Å². The first-order valence-electron chi connectivity index (χ1n) is 5.29. The Morgan fingerprint density at radius 1 is 1.26 bits per heavy atom. The minimum Gasteiger partial charge on any atom is -0.360 e. The average Bonchev–Trinajstić information content (AvgIpc) is 2.46. The van der Waals surface area contributed by atoms with Crippen molar-refractivity contribution in [3.8, 4) is 0 Å². The van der Waals surface area contributed by atoms with E-state index in [-0.39, 0.29) is 0 Å². The molecular weight excluding hydrogens is 267 g/mol. The van der Waals surface area contributed by atoms with Crippen molar-refractivity contribution < 1.29 is 23.2 Å². The van der Waals surface area contributed by atoms with Crippen molar-refractivity contribution in [2.75, 3.05) is 14.2 Å². The lowest BCUT2D eigenvalue weighted by Crippen LogP contribution is -2.15. The predicted molar refractivity (Wildman–Crippen MR) is 70.7 cm³/mol. The second-order valence-corrected chi connectivity index (χ2v) is 5.54. The summed E-state index contributed by atoms with van der Waals surface area (Å²) in [5, 5.41) is 0. The zero-order valence-corrected chi connectivity index (χ0v) is 11.4. The SMILES string of the molecule is COP(=O)(OC)C(=[N+]=[N-])C(=O)/C=C/c1ccccc1. The number of benzene rings is 1. The molecule has 0 aliphatic heterocycles. The highest BCUT2D eigenvalue weighted by atomic mass is 31.2. The third-order valence-corrected chi connectivity index (χ3v) is 4.07. The summed E-state index contributed by atoms with van der Waals surface area (Å²) in [5.41, 5.74) is 8.91. The lowest BCUT2D eigenvalue weighted by atomic mass is 10.2. The molecule has 0 spiro atoms. The summed E-state index contributed by atoms with van der Waals surface area (Å²) >= 11 is 0.